The molecule has 2 unspecified atom stereocenters. The Labute approximate surface area is 121 Å². The van der Waals surface area contributed by atoms with E-state index < -0.39 is 0 Å². The predicted molar refractivity (Wildman–Crippen MR) is 80.1 cm³/mol. The molecular formula is C15H24ClNO2. The zero-order valence-electron chi connectivity index (χ0n) is 12.2. The molecule has 0 aliphatic rings. The summed E-state index contributed by atoms with van der Waals surface area (Å²) in [5, 5.41) is 4.18. The van der Waals surface area contributed by atoms with Gasteiger partial charge in [0.15, 0.2) is 0 Å². The highest BCUT2D eigenvalue weighted by molar-refractivity contribution is 6.30. The second kappa shape index (κ2) is 8.41. The second-order valence-electron chi connectivity index (χ2n) is 4.72. The van der Waals surface area contributed by atoms with Gasteiger partial charge in [0.25, 0.3) is 0 Å². The molecule has 3 nitrogen and oxygen atoms in total. The molecule has 1 N–H and O–H groups in total. The number of hydrogen-bond donors (Lipinski definition) is 1. The summed E-state index contributed by atoms with van der Waals surface area (Å²) in [5.74, 6) is 0.865. The molecule has 0 heterocycles. The normalized spacial score (nSPS) is 14.2. The van der Waals surface area contributed by atoms with Crippen LogP contribution in [-0.2, 0) is 4.74 Å². The van der Waals surface area contributed by atoms with Crippen molar-refractivity contribution in [1.82, 2.24) is 5.32 Å². The van der Waals surface area contributed by atoms with Crippen molar-refractivity contribution in [3.63, 3.8) is 0 Å². The minimum atomic E-state index is 0.0717. The molecule has 0 saturated heterocycles. The first-order valence-electron chi connectivity index (χ1n) is 6.76. The minimum absolute atomic E-state index is 0.0717. The standard InChI is InChI=1S/C15H24ClNO2/c1-5-8-17-12(3)14-9-13(16)6-7-15(14)19-10-11(2)18-4/h6-7,9,11-12,17H,5,8,10H2,1-4H3. The average molecular weight is 286 g/mol. The third kappa shape index (κ3) is 5.39. The van der Waals surface area contributed by atoms with Crippen LogP contribution in [0.2, 0.25) is 5.02 Å². The molecule has 0 bridgehead atoms. The van der Waals surface area contributed by atoms with Gasteiger partial charge in [-0.2, -0.15) is 0 Å². The largest absolute Gasteiger partial charge is 0.491 e. The first-order valence-corrected chi connectivity index (χ1v) is 7.14. The summed E-state index contributed by atoms with van der Waals surface area (Å²) in [4.78, 5) is 0. The Bertz CT molecular complexity index is 384. The summed E-state index contributed by atoms with van der Waals surface area (Å²) in [6.45, 7) is 7.75. The molecule has 4 heteroatoms. The third-order valence-corrected chi connectivity index (χ3v) is 3.25. The van der Waals surface area contributed by atoms with Gasteiger partial charge in [0, 0.05) is 23.7 Å². The number of ether oxygens (including phenoxy) is 2. The monoisotopic (exact) mass is 285 g/mol. The van der Waals surface area contributed by atoms with Crippen molar-refractivity contribution in [2.24, 2.45) is 0 Å². The van der Waals surface area contributed by atoms with Gasteiger partial charge in [-0.25, -0.2) is 0 Å². The van der Waals surface area contributed by atoms with Gasteiger partial charge in [-0.1, -0.05) is 18.5 Å². The van der Waals surface area contributed by atoms with E-state index in [0.717, 1.165) is 29.3 Å². The van der Waals surface area contributed by atoms with Crippen molar-refractivity contribution in [3.8, 4) is 5.75 Å². The van der Waals surface area contributed by atoms with Crippen LogP contribution in [0.1, 0.15) is 38.8 Å². The molecule has 1 aromatic rings. The zero-order chi connectivity index (χ0) is 14.3. The number of methoxy groups -OCH3 is 1. The van der Waals surface area contributed by atoms with Crippen molar-refractivity contribution in [1.29, 1.82) is 0 Å². The fourth-order valence-electron chi connectivity index (χ4n) is 1.74. The highest BCUT2D eigenvalue weighted by atomic mass is 35.5. The topological polar surface area (TPSA) is 30.5 Å². The molecule has 0 saturated carbocycles. The Morgan fingerprint density at radius 1 is 1.32 bits per heavy atom. The van der Waals surface area contributed by atoms with E-state index in [4.69, 9.17) is 21.1 Å². The highest BCUT2D eigenvalue weighted by Gasteiger charge is 2.13. The lowest BCUT2D eigenvalue weighted by Gasteiger charge is -2.19. The summed E-state index contributed by atoms with van der Waals surface area (Å²) in [6, 6.07) is 5.95. The molecule has 1 rings (SSSR count). The van der Waals surface area contributed by atoms with E-state index in [1.54, 1.807) is 7.11 Å². The van der Waals surface area contributed by atoms with Gasteiger partial charge in [-0.3, -0.25) is 0 Å². The minimum Gasteiger partial charge on any atom is -0.491 e. The van der Waals surface area contributed by atoms with E-state index in [2.05, 4.69) is 19.2 Å². The summed E-state index contributed by atoms with van der Waals surface area (Å²) in [6.07, 6.45) is 1.17. The summed E-state index contributed by atoms with van der Waals surface area (Å²) in [5.41, 5.74) is 1.09. The van der Waals surface area contributed by atoms with E-state index >= 15 is 0 Å². The van der Waals surface area contributed by atoms with Gasteiger partial charge < -0.3 is 14.8 Å². The molecule has 0 aromatic heterocycles. The van der Waals surface area contributed by atoms with Crippen molar-refractivity contribution >= 4 is 11.6 Å². The van der Waals surface area contributed by atoms with Crippen molar-refractivity contribution in [2.75, 3.05) is 20.3 Å². The van der Waals surface area contributed by atoms with Crippen LogP contribution in [0.4, 0.5) is 0 Å². The molecule has 19 heavy (non-hydrogen) atoms. The predicted octanol–water partition coefficient (Wildman–Crippen LogP) is 3.81. The van der Waals surface area contributed by atoms with Crippen LogP contribution in [0.15, 0.2) is 18.2 Å². The highest BCUT2D eigenvalue weighted by Crippen LogP contribution is 2.28. The summed E-state index contributed by atoms with van der Waals surface area (Å²) in [7, 11) is 1.68. The molecule has 0 aliphatic carbocycles. The van der Waals surface area contributed by atoms with Crippen LogP contribution < -0.4 is 10.1 Å². The molecule has 0 spiro atoms. The Hall–Kier alpha value is -0.770. The molecule has 0 aliphatic heterocycles. The fourth-order valence-corrected chi connectivity index (χ4v) is 1.92. The third-order valence-electron chi connectivity index (χ3n) is 3.01. The number of rotatable bonds is 8. The Balaban J connectivity index is 2.78. The Morgan fingerprint density at radius 2 is 2.05 bits per heavy atom. The molecule has 2 atom stereocenters. The smallest absolute Gasteiger partial charge is 0.124 e. The zero-order valence-corrected chi connectivity index (χ0v) is 13.0. The lowest BCUT2D eigenvalue weighted by atomic mass is 10.1. The second-order valence-corrected chi connectivity index (χ2v) is 5.15. The Kier molecular flexibility index (Phi) is 7.21. The maximum atomic E-state index is 6.08. The van der Waals surface area contributed by atoms with Crippen LogP contribution in [-0.4, -0.2) is 26.4 Å². The van der Waals surface area contributed by atoms with E-state index in [0.29, 0.717) is 6.61 Å². The SMILES string of the molecule is CCCNC(C)c1cc(Cl)ccc1OCC(C)OC. The van der Waals surface area contributed by atoms with Gasteiger partial charge >= 0.3 is 0 Å². The molecule has 1 aromatic carbocycles. The molecule has 108 valence electrons. The first-order chi connectivity index (χ1) is 9.08. The first kappa shape index (κ1) is 16.3. The van der Waals surface area contributed by atoms with Crippen LogP contribution >= 0.6 is 11.6 Å². The van der Waals surface area contributed by atoms with Gasteiger partial charge in [-0.15, -0.1) is 0 Å². The van der Waals surface area contributed by atoms with Crippen molar-refractivity contribution in [3.05, 3.63) is 28.8 Å². The molecular weight excluding hydrogens is 262 g/mol. The molecule has 0 amide bonds. The van der Waals surface area contributed by atoms with E-state index in [-0.39, 0.29) is 12.1 Å². The lowest BCUT2D eigenvalue weighted by molar-refractivity contribution is 0.0711. The Morgan fingerprint density at radius 3 is 2.68 bits per heavy atom. The summed E-state index contributed by atoms with van der Waals surface area (Å²) >= 11 is 6.08. The number of hydrogen-bond acceptors (Lipinski definition) is 3. The maximum Gasteiger partial charge on any atom is 0.124 e. The van der Waals surface area contributed by atoms with Crippen LogP contribution in [0, 0.1) is 0 Å². The summed E-state index contributed by atoms with van der Waals surface area (Å²) < 4.78 is 11.0. The molecule has 0 fully saturated rings. The fraction of sp³-hybridized carbons (Fsp3) is 0.600. The van der Waals surface area contributed by atoms with Gasteiger partial charge in [-0.05, 0) is 45.0 Å². The van der Waals surface area contributed by atoms with Gasteiger partial charge in [0.2, 0.25) is 0 Å². The number of nitrogens with one attached hydrogen (secondary N) is 1. The average Bonchev–Trinajstić information content (AvgIpc) is 2.42. The molecule has 0 radical (unpaired) electrons. The van der Waals surface area contributed by atoms with Crippen molar-refractivity contribution in [2.45, 2.75) is 39.3 Å². The van der Waals surface area contributed by atoms with Crippen LogP contribution in [0.5, 0.6) is 5.75 Å². The van der Waals surface area contributed by atoms with Gasteiger partial charge in [0.1, 0.15) is 12.4 Å². The van der Waals surface area contributed by atoms with E-state index in [9.17, 15) is 0 Å². The van der Waals surface area contributed by atoms with Gasteiger partial charge in [0.05, 0.1) is 6.10 Å². The lowest BCUT2D eigenvalue weighted by Crippen LogP contribution is -2.21. The quantitative estimate of drug-likeness (QED) is 0.788. The van der Waals surface area contributed by atoms with Crippen LogP contribution in [0.25, 0.3) is 0 Å². The van der Waals surface area contributed by atoms with Crippen LogP contribution in [0.3, 0.4) is 0 Å². The number of halogens is 1. The van der Waals surface area contributed by atoms with E-state index in [1.165, 1.54) is 0 Å². The number of benzene rings is 1. The maximum absolute atomic E-state index is 6.08. The van der Waals surface area contributed by atoms with E-state index in [1.807, 2.05) is 25.1 Å². The van der Waals surface area contributed by atoms with Crippen molar-refractivity contribution < 1.29 is 9.47 Å².